The lowest BCUT2D eigenvalue weighted by Crippen LogP contribution is -2.57. The Labute approximate surface area is 110 Å². The fraction of sp³-hybridized carbons (Fsp3) is 0.889. The number of ether oxygens (including phenoxy) is 1. The molecule has 110 valence electrons. The van der Waals surface area contributed by atoms with E-state index in [2.05, 4.69) is 10.3 Å². The number of halogens is 3. The number of hydrogen-bond donors (Lipinski definition) is 4. The lowest BCUT2D eigenvalue weighted by molar-refractivity contribution is -0.212. The molecule has 0 saturated carbocycles. The van der Waals surface area contributed by atoms with Crippen molar-refractivity contribution in [1.82, 2.24) is 5.32 Å². The van der Waals surface area contributed by atoms with E-state index < -0.39 is 41.2 Å². The number of alkyl halides is 3. The Morgan fingerprint density at radius 2 is 2.00 bits per heavy atom. The third-order valence-corrected chi connectivity index (χ3v) is 4.46. The van der Waals surface area contributed by atoms with E-state index >= 15 is 0 Å². The predicted octanol–water partition coefficient (Wildman–Crippen LogP) is -0.953. The molecule has 19 heavy (non-hydrogen) atoms. The SMILES string of the molecule is CNC1=N[C@@H]2[C@@H](O)[C@H](O)[C@@H]([C@@H](O)C(F)(F)F)S[C@@H]2O1. The van der Waals surface area contributed by atoms with Crippen molar-refractivity contribution in [1.29, 1.82) is 0 Å². The fourth-order valence-corrected chi connectivity index (χ4v) is 3.42. The molecule has 0 aromatic carbocycles. The zero-order valence-electron chi connectivity index (χ0n) is 9.70. The van der Waals surface area contributed by atoms with Gasteiger partial charge in [-0.1, -0.05) is 0 Å². The minimum absolute atomic E-state index is 0.0795. The van der Waals surface area contributed by atoms with E-state index in [-0.39, 0.29) is 6.02 Å². The fourth-order valence-electron chi connectivity index (χ4n) is 1.95. The lowest BCUT2D eigenvalue weighted by Gasteiger charge is -2.39. The van der Waals surface area contributed by atoms with Crippen LogP contribution in [-0.2, 0) is 4.74 Å². The normalized spacial score (nSPS) is 40.2. The highest BCUT2D eigenvalue weighted by Gasteiger charge is 2.56. The smallest absolute Gasteiger partial charge is 0.415 e. The van der Waals surface area contributed by atoms with Crippen LogP contribution in [0.1, 0.15) is 0 Å². The highest BCUT2D eigenvalue weighted by Crippen LogP contribution is 2.42. The zero-order valence-corrected chi connectivity index (χ0v) is 10.5. The van der Waals surface area contributed by atoms with Crippen LogP contribution in [0.2, 0.25) is 0 Å². The van der Waals surface area contributed by atoms with Crippen LogP contribution in [0.4, 0.5) is 13.2 Å². The number of nitrogens with one attached hydrogen (secondary N) is 1. The van der Waals surface area contributed by atoms with Crippen LogP contribution in [0.25, 0.3) is 0 Å². The Balaban J connectivity index is 2.16. The van der Waals surface area contributed by atoms with Gasteiger partial charge in [0.2, 0.25) is 0 Å². The molecular formula is C9H13F3N2O4S. The maximum atomic E-state index is 12.5. The van der Waals surface area contributed by atoms with E-state index in [1.54, 1.807) is 0 Å². The third-order valence-electron chi connectivity index (χ3n) is 2.96. The molecule has 0 radical (unpaired) electrons. The minimum atomic E-state index is -4.88. The molecule has 2 aliphatic rings. The van der Waals surface area contributed by atoms with E-state index in [0.717, 1.165) is 0 Å². The van der Waals surface area contributed by atoms with Crippen LogP contribution in [-0.4, -0.2) is 69.6 Å². The Hall–Kier alpha value is -0.710. The van der Waals surface area contributed by atoms with Gasteiger partial charge in [-0.05, 0) is 0 Å². The van der Waals surface area contributed by atoms with Gasteiger partial charge in [-0.3, -0.25) is 0 Å². The third kappa shape index (κ3) is 2.62. The second kappa shape index (κ2) is 5.00. The summed E-state index contributed by atoms with van der Waals surface area (Å²) in [7, 11) is 1.51. The molecule has 1 fully saturated rings. The second-order valence-corrected chi connectivity index (χ2v) is 5.51. The first-order valence-electron chi connectivity index (χ1n) is 5.44. The van der Waals surface area contributed by atoms with E-state index in [1.807, 2.05) is 0 Å². The van der Waals surface area contributed by atoms with Crippen molar-refractivity contribution in [3.05, 3.63) is 0 Å². The summed E-state index contributed by atoms with van der Waals surface area (Å²) in [6.45, 7) is 0. The summed E-state index contributed by atoms with van der Waals surface area (Å²) in [5.41, 5.74) is -0.872. The van der Waals surface area contributed by atoms with Crippen molar-refractivity contribution >= 4 is 17.8 Å². The summed E-state index contributed by atoms with van der Waals surface area (Å²) in [6.07, 6.45) is -10.9. The molecule has 0 aromatic rings. The van der Waals surface area contributed by atoms with Gasteiger partial charge in [0.25, 0.3) is 6.02 Å². The zero-order chi connectivity index (χ0) is 14.4. The standard InChI is InChI=1S/C9H13F3N2O4S/c1-13-8-14-2-3(15)4(16)5(19-7(2)18-8)6(17)9(10,11)12/h2-7,15-17H,1H3,(H,13,14)/t2-,3-,4+,5+,6-,7+/m1/s1. The molecule has 6 nitrogen and oxygen atoms in total. The van der Waals surface area contributed by atoms with Gasteiger partial charge in [0.15, 0.2) is 11.5 Å². The molecule has 10 heteroatoms. The van der Waals surface area contributed by atoms with E-state index in [4.69, 9.17) is 4.74 Å². The van der Waals surface area contributed by atoms with Crippen LogP contribution in [0, 0.1) is 0 Å². The van der Waals surface area contributed by atoms with Gasteiger partial charge in [-0.25, -0.2) is 4.99 Å². The van der Waals surface area contributed by atoms with Crippen LogP contribution >= 0.6 is 11.8 Å². The van der Waals surface area contributed by atoms with Gasteiger partial charge in [0, 0.05) is 7.05 Å². The van der Waals surface area contributed by atoms with E-state index in [1.165, 1.54) is 7.05 Å². The summed E-state index contributed by atoms with van der Waals surface area (Å²) in [4.78, 5) is 3.91. The molecule has 0 spiro atoms. The Morgan fingerprint density at radius 1 is 1.37 bits per heavy atom. The number of aliphatic imine (C=N–C) groups is 1. The van der Waals surface area contributed by atoms with Crippen molar-refractivity contribution in [2.45, 2.75) is 41.2 Å². The summed E-state index contributed by atoms with van der Waals surface area (Å²) in [6, 6.07) is -0.782. The van der Waals surface area contributed by atoms with Crippen molar-refractivity contribution < 1.29 is 33.2 Å². The first-order valence-corrected chi connectivity index (χ1v) is 6.38. The topological polar surface area (TPSA) is 94.3 Å². The molecule has 0 amide bonds. The van der Waals surface area contributed by atoms with Gasteiger partial charge in [-0.15, -0.1) is 11.8 Å². The second-order valence-electron chi connectivity index (χ2n) is 4.23. The maximum absolute atomic E-state index is 12.5. The van der Waals surface area contributed by atoms with Gasteiger partial charge >= 0.3 is 6.18 Å². The molecule has 0 aromatic heterocycles. The molecule has 6 atom stereocenters. The van der Waals surface area contributed by atoms with Gasteiger partial charge in [0.05, 0.1) is 11.4 Å². The first-order chi connectivity index (χ1) is 8.75. The molecule has 0 bridgehead atoms. The molecule has 2 rings (SSSR count). The average molecular weight is 302 g/mol. The molecule has 4 N–H and O–H groups in total. The van der Waals surface area contributed by atoms with Gasteiger partial charge in [0.1, 0.15) is 12.1 Å². The molecule has 2 aliphatic heterocycles. The highest BCUT2D eigenvalue weighted by molar-refractivity contribution is 8.00. The summed E-state index contributed by atoms with van der Waals surface area (Å²) >= 11 is 0.611. The van der Waals surface area contributed by atoms with Crippen LogP contribution in [0.15, 0.2) is 4.99 Å². The van der Waals surface area contributed by atoms with E-state index in [9.17, 15) is 28.5 Å². The molecule has 1 saturated heterocycles. The number of nitrogens with zero attached hydrogens (tertiary/aromatic N) is 1. The monoisotopic (exact) mass is 302 g/mol. The largest absolute Gasteiger partial charge is 0.448 e. The number of fused-ring (bicyclic) bond motifs is 1. The van der Waals surface area contributed by atoms with Crippen molar-refractivity contribution in [2.75, 3.05) is 7.05 Å². The number of thioether (sulfide) groups is 1. The molecule has 2 heterocycles. The number of aliphatic hydroxyl groups is 3. The highest BCUT2D eigenvalue weighted by atomic mass is 32.2. The Kier molecular flexibility index (Phi) is 3.87. The van der Waals surface area contributed by atoms with Crippen LogP contribution < -0.4 is 5.32 Å². The summed E-state index contributed by atoms with van der Waals surface area (Å²) < 4.78 is 42.6. The van der Waals surface area contributed by atoms with E-state index in [0.29, 0.717) is 11.8 Å². The summed E-state index contributed by atoms with van der Waals surface area (Å²) in [5.74, 6) is 0. The van der Waals surface area contributed by atoms with Crippen molar-refractivity contribution in [3.8, 4) is 0 Å². The molecule has 0 aliphatic carbocycles. The average Bonchev–Trinajstić information content (AvgIpc) is 2.75. The van der Waals surface area contributed by atoms with Crippen LogP contribution in [0.5, 0.6) is 0 Å². The van der Waals surface area contributed by atoms with Crippen molar-refractivity contribution in [2.24, 2.45) is 4.99 Å². The van der Waals surface area contributed by atoms with Gasteiger partial charge < -0.3 is 25.4 Å². The number of hydrogen-bond acceptors (Lipinski definition) is 7. The number of rotatable bonds is 1. The van der Waals surface area contributed by atoms with Gasteiger partial charge in [-0.2, -0.15) is 13.2 Å². The molecule has 0 unspecified atom stereocenters. The van der Waals surface area contributed by atoms with Crippen molar-refractivity contribution in [3.63, 3.8) is 0 Å². The Bertz CT molecular complexity index is 381. The number of aliphatic hydroxyl groups excluding tert-OH is 3. The quantitative estimate of drug-likeness (QED) is 0.499. The van der Waals surface area contributed by atoms with Crippen LogP contribution in [0.3, 0.4) is 0 Å². The Morgan fingerprint density at radius 3 is 2.53 bits per heavy atom. The lowest BCUT2D eigenvalue weighted by atomic mass is 9.99. The number of amidine groups is 1. The first kappa shape index (κ1) is 14.7. The maximum Gasteiger partial charge on any atom is 0.415 e. The predicted molar refractivity (Wildman–Crippen MR) is 60.6 cm³/mol. The summed E-state index contributed by atoms with van der Waals surface area (Å²) in [5, 5.41) is 29.7. The minimum Gasteiger partial charge on any atom is -0.448 e. The molecular weight excluding hydrogens is 289 g/mol.